The van der Waals surface area contributed by atoms with Crippen LogP contribution < -0.4 is 5.49 Å². The first-order valence-corrected chi connectivity index (χ1v) is 9.80. The van der Waals surface area contributed by atoms with E-state index in [1.54, 1.807) is 6.07 Å². The third-order valence-electron chi connectivity index (χ3n) is 5.51. The van der Waals surface area contributed by atoms with E-state index in [4.69, 9.17) is 0 Å². The molecule has 0 radical (unpaired) electrons. The van der Waals surface area contributed by atoms with Gasteiger partial charge < -0.3 is 0 Å². The molecule has 1 heterocycles. The van der Waals surface area contributed by atoms with Crippen molar-refractivity contribution in [1.29, 1.82) is 0 Å². The van der Waals surface area contributed by atoms with Crippen LogP contribution in [0.1, 0.15) is 67.1 Å². The van der Waals surface area contributed by atoms with Crippen molar-refractivity contribution in [1.82, 2.24) is 9.36 Å². The van der Waals surface area contributed by atoms with Crippen LogP contribution in [-0.2, 0) is 19.8 Å². The van der Waals surface area contributed by atoms with Gasteiger partial charge in [-0.25, -0.2) is 4.39 Å². The van der Waals surface area contributed by atoms with Gasteiger partial charge in [0.15, 0.2) is 5.49 Å². The molecule has 8 heteroatoms. The fourth-order valence-corrected chi connectivity index (χ4v) is 3.91. The minimum absolute atomic E-state index is 0.166. The Balaban J connectivity index is 2.05. The highest BCUT2D eigenvalue weighted by Crippen LogP contribution is 2.30. The summed E-state index contributed by atoms with van der Waals surface area (Å²) in [4.78, 5) is 16.6. The largest absolute Gasteiger partial charge is 0.416 e. The number of rotatable bonds is 4. The first-order chi connectivity index (χ1) is 13.6. The van der Waals surface area contributed by atoms with Gasteiger partial charge in [0.05, 0.1) is 11.1 Å². The van der Waals surface area contributed by atoms with Gasteiger partial charge in [-0.3, -0.25) is 14.2 Å². The Morgan fingerprint density at radius 3 is 2.45 bits per heavy atom. The highest BCUT2D eigenvalue weighted by molar-refractivity contribution is 5.95. The average Bonchev–Trinajstić information content (AvgIpc) is 3.24. The molecular formula is C21H25F4N3O. The summed E-state index contributed by atoms with van der Waals surface area (Å²) < 4.78 is 56.8. The molecule has 4 nitrogen and oxygen atoms in total. The predicted octanol–water partition coefficient (Wildman–Crippen LogP) is 5.04. The number of alkyl halides is 3. The zero-order valence-electron chi connectivity index (χ0n) is 16.8. The average molecular weight is 411 g/mol. The van der Waals surface area contributed by atoms with E-state index in [1.165, 1.54) is 0 Å². The third-order valence-corrected chi connectivity index (χ3v) is 5.51. The third kappa shape index (κ3) is 4.62. The fraction of sp³-hybridized carbons (Fsp3) is 0.524. The molecule has 1 aromatic carbocycles. The summed E-state index contributed by atoms with van der Waals surface area (Å²) >= 11 is 0. The lowest BCUT2D eigenvalue weighted by Gasteiger charge is -2.16. The second kappa shape index (κ2) is 8.16. The Kier molecular flexibility index (Phi) is 6.00. The Morgan fingerprint density at radius 1 is 1.21 bits per heavy atom. The molecule has 1 fully saturated rings. The van der Waals surface area contributed by atoms with Crippen molar-refractivity contribution in [2.45, 2.75) is 58.2 Å². The monoisotopic (exact) mass is 411 g/mol. The standard InChI is InChI=1S/C21H25F4N3O/c1-13(2)18-11-19(28(27(18)3)12-14-6-4-5-7-14)26-20(29)16-10-15(21(23,24)25)8-9-17(16)22/h8-11,13-14H,4-7,12H2,1-3H3/b26-19+. The Hall–Kier alpha value is -2.38. The van der Waals surface area contributed by atoms with Crippen LogP contribution in [0.4, 0.5) is 17.6 Å². The summed E-state index contributed by atoms with van der Waals surface area (Å²) in [5.74, 6) is -1.41. The van der Waals surface area contributed by atoms with E-state index < -0.39 is 29.0 Å². The van der Waals surface area contributed by atoms with Crippen LogP contribution in [0.15, 0.2) is 29.3 Å². The zero-order chi connectivity index (χ0) is 21.3. The molecular weight excluding hydrogens is 386 g/mol. The lowest BCUT2D eigenvalue weighted by molar-refractivity contribution is -0.137. The zero-order valence-corrected chi connectivity index (χ0v) is 16.8. The van der Waals surface area contributed by atoms with E-state index >= 15 is 0 Å². The summed E-state index contributed by atoms with van der Waals surface area (Å²) in [6.07, 6.45) is -0.167. The molecule has 1 amide bonds. The van der Waals surface area contributed by atoms with Crippen molar-refractivity contribution in [3.63, 3.8) is 0 Å². The number of carbonyl (C=O) groups is 1. The molecule has 0 atom stereocenters. The van der Waals surface area contributed by atoms with Crippen LogP contribution in [0.2, 0.25) is 0 Å². The lowest BCUT2D eigenvalue weighted by atomic mass is 10.1. The Labute approximate surface area is 166 Å². The molecule has 0 N–H and O–H groups in total. The maximum absolute atomic E-state index is 14.1. The summed E-state index contributed by atoms with van der Waals surface area (Å²) in [6, 6.07) is 3.55. The quantitative estimate of drug-likeness (QED) is 0.650. The van der Waals surface area contributed by atoms with E-state index in [0.29, 0.717) is 36.1 Å². The molecule has 1 aliphatic carbocycles. The SMILES string of the molecule is CC(C)c1c/c(=N\C(=O)c2cc(C(F)(F)F)ccc2F)n(CC2CCCC2)n1C. The minimum atomic E-state index is -4.66. The van der Waals surface area contributed by atoms with Gasteiger partial charge >= 0.3 is 6.18 Å². The normalized spacial score (nSPS) is 16.2. The molecule has 0 unspecified atom stereocenters. The number of carbonyl (C=O) groups excluding carboxylic acids is 1. The Morgan fingerprint density at radius 2 is 1.86 bits per heavy atom. The summed E-state index contributed by atoms with van der Waals surface area (Å²) in [7, 11) is 1.87. The van der Waals surface area contributed by atoms with E-state index in [2.05, 4.69) is 4.99 Å². The van der Waals surface area contributed by atoms with Gasteiger partial charge in [-0.05, 0) is 42.9 Å². The highest BCUT2D eigenvalue weighted by atomic mass is 19.4. The molecule has 29 heavy (non-hydrogen) atoms. The van der Waals surface area contributed by atoms with E-state index in [1.807, 2.05) is 30.3 Å². The number of hydrogen-bond acceptors (Lipinski definition) is 1. The highest BCUT2D eigenvalue weighted by Gasteiger charge is 2.32. The molecule has 1 aliphatic rings. The molecule has 0 aliphatic heterocycles. The van der Waals surface area contributed by atoms with Gasteiger partial charge in [0, 0.05) is 25.4 Å². The van der Waals surface area contributed by atoms with Gasteiger partial charge in [0.1, 0.15) is 5.82 Å². The maximum Gasteiger partial charge on any atom is 0.416 e. The van der Waals surface area contributed by atoms with Gasteiger partial charge in [0.25, 0.3) is 5.91 Å². The molecule has 1 saturated carbocycles. The lowest BCUT2D eigenvalue weighted by Crippen LogP contribution is -2.27. The number of halogens is 4. The van der Waals surface area contributed by atoms with E-state index in [0.717, 1.165) is 31.4 Å². The number of hydrogen-bond donors (Lipinski definition) is 0. The molecule has 2 aromatic rings. The minimum Gasteiger partial charge on any atom is -0.291 e. The van der Waals surface area contributed by atoms with Crippen LogP contribution in [0, 0.1) is 11.7 Å². The summed E-state index contributed by atoms with van der Waals surface area (Å²) in [5, 5.41) is 0. The Bertz CT molecular complexity index is 963. The van der Waals surface area contributed by atoms with Crippen LogP contribution in [0.5, 0.6) is 0 Å². The topological polar surface area (TPSA) is 39.3 Å². The number of benzene rings is 1. The van der Waals surface area contributed by atoms with Crippen LogP contribution in [0.25, 0.3) is 0 Å². The van der Waals surface area contributed by atoms with E-state index in [9.17, 15) is 22.4 Å². The van der Waals surface area contributed by atoms with Gasteiger partial charge in [0.2, 0.25) is 0 Å². The molecule has 1 aromatic heterocycles. The van der Waals surface area contributed by atoms with Gasteiger partial charge in [-0.2, -0.15) is 18.2 Å². The summed E-state index contributed by atoms with van der Waals surface area (Å²) in [6.45, 7) is 4.68. The molecule has 0 bridgehead atoms. The second-order valence-corrected chi connectivity index (χ2v) is 7.95. The van der Waals surface area contributed by atoms with Crippen molar-refractivity contribution >= 4 is 5.91 Å². The molecule has 0 spiro atoms. The second-order valence-electron chi connectivity index (χ2n) is 7.95. The first kappa shape index (κ1) is 21.3. The van der Waals surface area contributed by atoms with Crippen molar-refractivity contribution in [2.75, 3.05) is 0 Å². The molecule has 0 saturated heterocycles. The van der Waals surface area contributed by atoms with E-state index in [-0.39, 0.29) is 5.92 Å². The van der Waals surface area contributed by atoms with Gasteiger partial charge in [-0.1, -0.05) is 26.7 Å². The van der Waals surface area contributed by atoms with Crippen molar-refractivity contribution in [3.8, 4) is 0 Å². The number of amides is 1. The smallest absolute Gasteiger partial charge is 0.291 e. The molecule has 3 rings (SSSR count). The van der Waals surface area contributed by atoms with Crippen LogP contribution in [-0.4, -0.2) is 15.3 Å². The molecule has 158 valence electrons. The van der Waals surface area contributed by atoms with Gasteiger partial charge in [-0.15, -0.1) is 0 Å². The summed E-state index contributed by atoms with van der Waals surface area (Å²) in [5.41, 5.74) is -0.474. The number of aromatic nitrogens is 2. The predicted molar refractivity (Wildman–Crippen MR) is 101 cm³/mol. The van der Waals surface area contributed by atoms with Crippen molar-refractivity contribution in [3.05, 3.63) is 52.4 Å². The first-order valence-electron chi connectivity index (χ1n) is 9.80. The van der Waals surface area contributed by atoms with Crippen molar-refractivity contribution in [2.24, 2.45) is 18.0 Å². The van der Waals surface area contributed by atoms with Crippen LogP contribution >= 0.6 is 0 Å². The van der Waals surface area contributed by atoms with Crippen LogP contribution in [0.3, 0.4) is 0 Å². The fourth-order valence-electron chi connectivity index (χ4n) is 3.91. The van der Waals surface area contributed by atoms with Crippen molar-refractivity contribution < 1.29 is 22.4 Å². The number of nitrogens with zero attached hydrogens (tertiary/aromatic N) is 3. The maximum atomic E-state index is 14.1.